The Hall–Kier alpha value is -1.18. The summed E-state index contributed by atoms with van der Waals surface area (Å²) in [4.78, 5) is 4.60. The maximum atomic E-state index is 6.14. The molecule has 0 bridgehead atoms. The number of halogens is 1. The van der Waals surface area contributed by atoms with Crippen LogP contribution in [-0.4, -0.2) is 32.3 Å². The van der Waals surface area contributed by atoms with E-state index in [9.17, 15) is 0 Å². The Kier molecular flexibility index (Phi) is 9.90. The summed E-state index contributed by atoms with van der Waals surface area (Å²) in [6.07, 6.45) is 5.10. The first-order chi connectivity index (χ1) is 11.3. The molecule has 5 nitrogen and oxygen atoms in total. The van der Waals surface area contributed by atoms with Crippen LogP contribution in [0.3, 0.4) is 0 Å². The molecule has 6 heteroatoms. The van der Waals surface area contributed by atoms with Crippen LogP contribution in [0.15, 0.2) is 23.2 Å². The van der Waals surface area contributed by atoms with Crippen LogP contribution >= 0.6 is 24.0 Å². The van der Waals surface area contributed by atoms with Crippen LogP contribution in [0.5, 0.6) is 11.5 Å². The van der Waals surface area contributed by atoms with Crippen molar-refractivity contribution in [1.29, 1.82) is 0 Å². The fourth-order valence-corrected chi connectivity index (χ4v) is 2.78. The molecular formula is C18H30IN3O2. The largest absolute Gasteiger partial charge is 0.493 e. The highest BCUT2D eigenvalue weighted by atomic mass is 127. The highest BCUT2D eigenvalue weighted by molar-refractivity contribution is 14.0. The van der Waals surface area contributed by atoms with Crippen molar-refractivity contribution in [1.82, 2.24) is 10.6 Å². The minimum atomic E-state index is 0. The second-order valence-electron chi connectivity index (χ2n) is 5.74. The van der Waals surface area contributed by atoms with Crippen LogP contribution in [0.25, 0.3) is 0 Å². The molecule has 0 radical (unpaired) electrons. The van der Waals surface area contributed by atoms with E-state index in [2.05, 4.69) is 35.5 Å². The van der Waals surface area contributed by atoms with Crippen LogP contribution in [0.4, 0.5) is 0 Å². The number of hydrogen-bond donors (Lipinski definition) is 2. The van der Waals surface area contributed by atoms with Crippen LogP contribution in [-0.2, 0) is 6.54 Å². The van der Waals surface area contributed by atoms with E-state index in [1.54, 1.807) is 7.11 Å². The van der Waals surface area contributed by atoms with Crippen molar-refractivity contribution in [2.45, 2.75) is 52.2 Å². The second kappa shape index (κ2) is 11.4. The van der Waals surface area contributed by atoms with Gasteiger partial charge in [-0.1, -0.05) is 6.07 Å². The fraction of sp³-hybridized carbons (Fsp3) is 0.611. The van der Waals surface area contributed by atoms with Crippen LogP contribution in [0.1, 0.15) is 45.1 Å². The third-order valence-corrected chi connectivity index (χ3v) is 3.93. The number of aliphatic imine (C=N–C) groups is 1. The molecule has 1 aromatic rings. The van der Waals surface area contributed by atoms with E-state index in [0.717, 1.165) is 49.0 Å². The van der Waals surface area contributed by atoms with Gasteiger partial charge in [0, 0.05) is 13.1 Å². The lowest BCUT2D eigenvalue weighted by Crippen LogP contribution is -2.36. The molecule has 0 heterocycles. The molecule has 1 fully saturated rings. The van der Waals surface area contributed by atoms with Gasteiger partial charge in [0.05, 0.1) is 19.8 Å². The first-order valence-electron chi connectivity index (χ1n) is 8.62. The van der Waals surface area contributed by atoms with Gasteiger partial charge in [-0.05, 0) is 57.2 Å². The zero-order chi connectivity index (χ0) is 16.5. The predicted molar refractivity (Wildman–Crippen MR) is 110 cm³/mol. The molecular weight excluding hydrogens is 417 g/mol. The topological polar surface area (TPSA) is 54.9 Å². The molecule has 0 atom stereocenters. The Bertz CT molecular complexity index is 509. The Morgan fingerprint density at radius 3 is 2.38 bits per heavy atom. The van der Waals surface area contributed by atoms with Crippen molar-refractivity contribution in [3.05, 3.63) is 23.8 Å². The van der Waals surface area contributed by atoms with Gasteiger partial charge in [-0.2, -0.15) is 0 Å². The molecule has 24 heavy (non-hydrogen) atoms. The van der Waals surface area contributed by atoms with E-state index in [-0.39, 0.29) is 24.0 Å². The van der Waals surface area contributed by atoms with Crippen LogP contribution in [0.2, 0.25) is 0 Å². The van der Waals surface area contributed by atoms with E-state index in [0.29, 0.717) is 12.6 Å². The summed E-state index contributed by atoms with van der Waals surface area (Å²) in [5.74, 6) is 2.47. The minimum absolute atomic E-state index is 0. The highest BCUT2D eigenvalue weighted by Crippen LogP contribution is 2.32. The first-order valence-corrected chi connectivity index (χ1v) is 8.62. The van der Waals surface area contributed by atoms with E-state index < -0.39 is 0 Å². The average Bonchev–Trinajstić information content (AvgIpc) is 3.06. The van der Waals surface area contributed by atoms with Gasteiger partial charge in [-0.3, -0.25) is 0 Å². The minimum Gasteiger partial charge on any atom is -0.493 e. The zero-order valence-corrected chi connectivity index (χ0v) is 17.3. The van der Waals surface area contributed by atoms with Crippen molar-refractivity contribution in [3.63, 3.8) is 0 Å². The number of methoxy groups -OCH3 is 1. The van der Waals surface area contributed by atoms with E-state index in [1.807, 2.05) is 12.1 Å². The predicted octanol–water partition coefficient (Wildman–Crippen LogP) is 3.71. The Balaban J connectivity index is 0.00000288. The molecule has 0 unspecified atom stereocenters. The third-order valence-electron chi connectivity index (χ3n) is 3.93. The Labute approximate surface area is 162 Å². The second-order valence-corrected chi connectivity index (χ2v) is 5.74. The molecule has 1 aliphatic carbocycles. The molecule has 0 amide bonds. The van der Waals surface area contributed by atoms with Crippen LogP contribution < -0.4 is 20.1 Å². The lowest BCUT2D eigenvalue weighted by atomic mass is 10.2. The fourth-order valence-electron chi connectivity index (χ4n) is 2.78. The lowest BCUT2D eigenvalue weighted by molar-refractivity contribution is 0.200. The number of benzene rings is 1. The van der Waals surface area contributed by atoms with Gasteiger partial charge < -0.3 is 20.1 Å². The maximum absolute atomic E-state index is 6.14. The van der Waals surface area contributed by atoms with Gasteiger partial charge >= 0.3 is 0 Å². The standard InChI is InChI=1S/C18H29N3O2.HI/c1-4-19-18(20-5-2)21-13-14-10-11-16(22-3)17(12-14)23-15-8-6-7-9-15;/h10-12,15H,4-9,13H2,1-3H3,(H2,19,20,21);1H. The molecule has 1 aliphatic rings. The van der Waals surface area contributed by atoms with Crippen LogP contribution in [0, 0.1) is 0 Å². The van der Waals surface area contributed by atoms with Gasteiger partial charge in [0.2, 0.25) is 0 Å². The smallest absolute Gasteiger partial charge is 0.191 e. The molecule has 2 rings (SSSR count). The summed E-state index contributed by atoms with van der Waals surface area (Å²) in [5, 5.41) is 6.47. The van der Waals surface area contributed by atoms with Crippen molar-refractivity contribution >= 4 is 29.9 Å². The molecule has 0 aromatic heterocycles. The zero-order valence-electron chi connectivity index (χ0n) is 14.9. The summed E-state index contributed by atoms with van der Waals surface area (Å²) in [6, 6.07) is 6.06. The normalized spacial score (nSPS) is 13.8. The number of nitrogens with one attached hydrogen (secondary N) is 2. The number of ether oxygens (including phenoxy) is 2. The highest BCUT2D eigenvalue weighted by Gasteiger charge is 2.18. The summed E-state index contributed by atoms with van der Waals surface area (Å²) in [7, 11) is 1.68. The summed E-state index contributed by atoms with van der Waals surface area (Å²) >= 11 is 0. The number of hydrogen-bond acceptors (Lipinski definition) is 3. The lowest BCUT2D eigenvalue weighted by Gasteiger charge is -2.16. The van der Waals surface area contributed by atoms with Gasteiger partial charge in [-0.15, -0.1) is 24.0 Å². The van der Waals surface area contributed by atoms with E-state index in [4.69, 9.17) is 9.47 Å². The molecule has 1 aromatic carbocycles. The van der Waals surface area contributed by atoms with E-state index >= 15 is 0 Å². The average molecular weight is 447 g/mol. The molecule has 1 saturated carbocycles. The van der Waals surface area contributed by atoms with E-state index in [1.165, 1.54) is 12.8 Å². The van der Waals surface area contributed by atoms with Crippen molar-refractivity contribution in [2.24, 2.45) is 4.99 Å². The first kappa shape index (κ1) is 20.9. The summed E-state index contributed by atoms with van der Waals surface area (Å²) in [5.41, 5.74) is 1.12. The number of guanidine groups is 1. The molecule has 0 saturated heterocycles. The van der Waals surface area contributed by atoms with Crippen molar-refractivity contribution in [2.75, 3.05) is 20.2 Å². The molecule has 0 aliphatic heterocycles. The number of nitrogens with zero attached hydrogens (tertiary/aromatic N) is 1. The SMILES string of the molecule is CCNC(=NCc1ccc(OC)c(OC2CCCC2)c1)NCC.I. The Morgan fingerprint density at radius 1 is 1.12 bits per heavy atom. The van der Waals surface area contributed by atoms with Crippen molar-refractivity contribution < 1.29 is 9.47 Å². The van der Waals surface area contributed by atoms with Gasteiger partial charge in [0.15, 0.2) is 17.5 Å². The third kappa shape index (κ3) is 6.37. The monoisotopic (exact) mass is 447 g/mol. The van der Waals surface area contributed by atoms with Gasteiger partial charge in [0.25, 0.3) is 0 Å². The Morgan fingerprint density at radius 2 is 1.79 bits per heavy atom. The quantitative estimate of drug-likeness (QED) is 0.380. The van der Waals surface area contributed by atoms with Crippen molar-refractivity contribution in [3.8, 4) is 11.5 Å². The molecule has 2 N–H and O–H groups in total. The number of rotatable bonds is 7. The molecule has 0 spiro atoms. The van der Waals surface area contributed by atoms with Gasteiger partial charge in [0.1, 0.15) is 0 Å². The molecule has 136 valence electrons. The maximum Gasteiger partial charge on any atom is 0.191 e. The summed E-state index contributed by atoms with van der Waals surface area (Å²) < 4.78 is 11.6. The summed E-state index contributed by atoms with van der Waals surface area (Å²) in [6.45, 7) is 6.44. The van der Waals surface area contributed by atoms with Gasteiger partial charge in [-0.25, -0.2) is 4.99 Å².